The third kappa shape index (κ3) is 6.62. The van der Waals surface area contributed by atoms with Gasteiger partial charge in [-0.15, -0.1) is 0 Å². The molecule has 14 heavy (non-hydrogen) atoms. The number of rotatable bonds is 2. The zero-order valence-corrected chi connectivity index (χ0v) is 12.2. The van der Waals surface area contributed by atoms with E-state index in [1.165, 1.54) is 0 Å². The Labute approximate surface area is 101 Å². The summed E-state index contributed by atoms with van der Waals surface area (Å²) in [5.74, 6) is 0. The minimum atomic E-state index is 0.0341. The van der Waals surface area contributed by atoms with E-state index in [1.54, 1.807) is 22.6 Å². The number of carbonyl (C=O) groups excluding carboxylic acids is 1. The van der Waals surface area contributed by atoms with E-state index in [4.69, 9.17) is 0 Å². The van der Waals surface area contributed by atoms with Crippen molar-refractivity contribution in [3.8, 4) is 0 Å². The average Bonchev–Trinajstić information content (AvgIpc) is 1.78. The molecule has 84 valence electrons. The first-order valence-corrected chi connectivity index (χ1v) is 6.06. The van der Waals surface area contributed by atoms with Crippen molar-refractivity contribution < 1.29 is 4.79 Å². The molecule has 0 aromatic rings. The highest BCUT2D eigenvalue weighted by Crippen LogP contribution is 2.30. The van der Waals surface area contributed by atoms with Crippen LogP contribution in [0, 0.1) is 10.8 Å². The van der Waals surface area contributed by atoms with Gasteiger partial charge in [0.05, 0.1) is 0 Å². The molecule has 0 aliphatic carbocycles. The summed E-state index contributed by atoms with van der Waals surface area (Å²) >= 11 is 1.80. The fraction of sp³-hybridized carbons (Fsp3) is 0.909. The van der Waals surface area contributed by atoms with Crippen LogP contribution < -0.4 is 5.32 Å². The maximum atomic E-state index is 11.1. The quantitative estimate of drug-likeness (QED) is 0.466. The minimum absolute atomic E-state index is 0.0341. The lowest BCUT2D eigenvalue weighted by molar-refractivity contribution is 0.197. The van der Waals surface area contributed by atoms with Crippen LogP contribution in [0.3, 0.4) is 0 Å². The van der Waals surface area contributed by atoms with Crippen LogP contribution in [0.5, 0.6) is 0 Å². The molecule has 0 fully saturated rings. The highest BCUT2D eigenvalue weighted by atomic mass is 127. The van der Waals surface area contributed by atoms with Crippen LogP contribution in [0.1, 0.15) is 48.0 Å². The van der Waals surface area contributed by atoms with E-state index in [0.717, 1.165) is 6.42 Å². The Kier molecular flexibility index (Phi) is 4.88. The van der Waals surface area contributed by atoms with Crippen molar-refractivity contribution in [3.63, 3.8) is 0 Å². The van der Waals surface area contributed by atoms with Crippen molar-refractivity contribution in [2.75, 3.05) is 0 Å². The van der Waals surface area contributed by atoms with Gasteiger partial charge in [-0.1, -0.05) is 41.5 Å². The second-order valence-electron chi connectivity index (χ2n) is 6.10. The molecule has 0 saturated carbocycles. The van der Waals surface area contributed by atoms with Crippen molar-refractivity contribution >= 4 is 26.5 Å². The fourth-order valence-corrected chi connectivity index (χ4v) is 1.70. The number of amides is 1. The Morgan fingerprint density at radius 3 is 1.86 bits per heavy atom. The number of hydrogen-bond donors (Lipinski definition) is 1. The first-order valence-electron chi connectivity index (χ1n) is 4.98. The summed E-state index contributed by atoms with van der Waals surface area (Å²) in [5, 5.41) is 3.02. The molecule has 1 atom stereocenters. The molecule has 0 spiro atoms. The molecule has 0 aliphatic heterocycles. The smallest absolute Gasteiger partial charge is 0.280 e. The highest BCUT2D eigenvalue weighted by molar-refractivity contribution is 14.1. The Balaban J connectivity index is 4.50. The van der Waals surface area contributed by atoms with Crippen molar-refractivity contribution in [3.05, 3.63) is 0 Å². The summed E-state index contributed by atoms with van der Waals surface area (Å²) in [4.78, 5) is 11.1. The Morgan fingerprint density at radius 1 is 1.21 bits per heavy atom. The summed E-state index contributed by atoms with van der Waals surface area (Å²) in [6, 6.07) is 0.242. The van der Waals surface area contributed by atoms with Gasteiger partial charge < -0.3 is 5.32 Å². The second-order valence-corrected chi connectivity index (χ2v) is 7.08. The molecule has 0 saturated heterocycles. The molecule has 0 bridgehead atoms. The van der Waals surface area contributed by atoms with E-state index in [0.29, 0.717) is 0 Å². The molecule has 0 rings (SSSR count). The molecular weight excluding hydrogens is 289 g/mol. The lowest BCUT2D eigenvalue weighted by atomic mass is 9.77. The van der Waals surface area contributed by atoms with Crippen molar-refractivity contribution in [1.82, 2.24) is 5.32 Å². The molecule has 2 nitrogen and oxygen atoms in total. The maximum Gasteiger partial charge on any atom is 0.280 e. The monoisotopic (exact) mass is 311 g/mol. The van der Waals surface area contributed by atoms with Crippen LogP contribution in [-0.2, 0) is 0 Å². The zero-order chi connectivity index (χ0) is 11.6. The van der Waals surface area contributed by atoms with Gasteiger partial charge >= 0.3 is 0 Å². The van der Waals surface area contributed by atoms with Gasteiger partial charge in [0.15, 0.2) is 0 Å². The minimum Gasteiger partial charge on any atom is -0.344 e. The van der Waals surface area contributed by atoms with Crippen LogP contribution in [0.4, 0.5) is 4.79 Å². The summed E-state index contributed by atoms with van der Waals surface area (Å²) in [5.41, 5.74) is 0.366. The number of nitrogens with one attached hydrogen (secondary N) is 1. The van der Waals surface area contributed by atoms with Gasteiger partial charge in [-0.3, -0.25) is 4.79 Å². The number of carbonyl (C=O) groups is 1. The standard InChI is InChI=1S/C11H22INO/c1-10(2,3)7-8(11(4,5)6)13-9(12)14/h8H,7H2,1-6H3,(H,13,14). The molecular formula is C11H22INO. The van der Waals surface area contributed by atoms with Crippen LogP contribution in [0.2, 0.25) is 0 Å². The van der Waals surface area contributed by atoms with Crippen molar-refractivity contribution in [2.45, 2.75) is 54.0 Å². The predicted octanol–water partition coefficient (Wildman–Crippen LogP) is 3.98. The molecule has 0 aromatic carbocycles. The Hall–Kier alpha value is 0.200. The Bertz CT molecular complexity index is 200. The van der Waals surface area contributed by atoms with E-state index >= 15 is 0 Å². The van der Waals surface area contributed by atoms with Gasteiger partial charge in [-0.25, -0.2) is 0 Å². The van der Waals surface area contributed by atoms with Crippen LogP contribution in [-0.4, -0.2) is 9.96 Å². The second kappa shape index (κ2) is 4.81. The zero-order valence-electron chi connectivity index (χ0n) is 10.1. The summed E-state index contributed by atoms with van der Waals surface area (Å²) in [6.45, 7) is 13.1. The number of halogens is 1. The molecule has 1 N–H and O–H groups in total. The van der Waals surface area contributed by atoms with Gasteiger partial charge in [0.1, 0.15) is 0 Å². The van der Waals surface area contributed by atoms with E-state index in [2.05, 4.69) is 46.9 Å². The molecule has 0 aliphatic rings. The molecule has 1 amide bonds. The van der Waals surface area contributed by atoms with E-state index in [-0.39, 0.29) is 20.8 Å². The lowest BCUT2D eigenvalue weighted by Crippen LogP contribution is -2.43. The largest absolute Gasteiger partial charge is 0.344 e. The van der Waals surface area contributed by atoms with Crippen LogP contribution in [0.15, 0.2) is 0 Å². The van der Waals surface area contributed by atoms with E-state index < -0.39 is 0 Å². The van der Waals surface area contributed by atoms with E-state index in [1.807, 2.05) is 0 Å². The van der Waals surface area contributed by atoms with Crippen LogP contribution >= 0.6 is 22.6 Å². The van der Waals surface area contributed by atoms with Gasteiger partial charge in [0.2, 0.25) is 0 Å². The summed E-state index contributed by atoms with van der Waals surface area (Å²) in [6.07, 6.45) is 1.01. The summed E-state index contributed by atoms with van der Waals surface area (Å²) in [7, 11) is 0. The molecule has 0 radical (unpaired) electrons. The first kappa shape index (κ1) is 14.2. The SMILES string of the molecule is CC(C)(C)CC(NC(=O)I)C(C)(C)C. The third-order valence-corrected chi connectivity index (χ3v) is 2.46. The van der Waals surface area contributed by atoms with Crippen LogP contribution in [0.25, 0.3) is 0 Å². The molecule has 0 heterocycles. The van der Waals surface area contributed by atoms with Gasteiger partial charge in [-0.05, 0) is 17.3 Å². The lowest BCUT2D eigenvalue weighted by Gasteiger charge is -2.35. The van der Waals surface area contributed by atoms with Gasteiger partial charge in [0.25, 0.3) is 3.91 Å². The average molecular weight is 311 g/mol. The molecule has 1 unspecified atom stereocenters. The van der Waals surface area contributed by atoms with Gasteiger partial charge in [0, 0.05) is 28.6 Å². The molecule has 3 heteroatoms. The Morgan fingerprint density at radius 2 is 1.64 bits per heavy atom. The maximum absolute atomic E-state index is 11.1. The summed E-state index contributed by atoms with van der Waals surface area (Å²) < 4.78 is 0.0341. The highest BCUT2D eigenvalue weighted by Gasteiger charge is 2.29. The number of hydrogen-bond acceptors (Lipinski definition) is 1. The van der Waals surface area contributed by atoms with Crippen molar-refractivity contribution in [1.29, 1.82) is 0 Å². The van der Waals surface area contributed by atoms with Gasteiger partial charge in [-0.2, -0.15) is 0 Å². The predicted molar refractivity (Wildman–Crippen MR) is 69.9 cm³/mol. The normalized spacial score (nSPS) is 15.1. The van der Waals surface area contributed by atoms with E-state index in [9.17, 15) is 4.79 Å². The van der Waals surface area contributed by atoms with Crippen molar-refractivity contribution in [2.24, 2.45) is 10.8 Å². The molecule has 0 aromatic heterocycles. The third-order valence-electron chi connectivity index (χ3n) is 2.15. The fourth-order valence-electron chi connectivity index (χ4n) is 1.32. The first-order chi connectivity index (χ1) is 6.02. The topological polar surface area (TPSA) is 29.1 Å².